The summed E-state index contributed by atoms with van der Waals surface area (Å²) in [7, 11) is 0. The molecule has 0 spiro atoms. The van der Waals surface area contributed by atoms with Crippen molar-refractivity contribution in [3.63, 3.8) is 0 Å². The summed E-state index contributed by atoms with van der Waals surface area (Å²) in [4.78, 5) is 13.7. The number of carbonyl (C=O) groups is 1. The number of amides is 1. The SMILES string of the molecule is CCC(Oc1ccc(F)cc1)C(=O)Nc1ccc(CSc2ccccc2)cc1. The molecule has 0 aliphatic rings. The van der Waals surface area contributed by atoms with E-state index in [1.54, 1.807) is 11.8 Å². The van der Waals surface area contributed by atoms with Gasteiger partial charge in [0.2, 0.25) is 0 Å². The molecule has 28 heavy (non-hydrogen) atoms. The molecule has 0 aliphatic heterocycles. The normalized spacial score (nSPS) is 11.6. The van der Waals surface area contributed by atoms with Gasteiger partial charge in [-0.3, -0.25) is 4.79 Å². The van der Waals surface area contributed by atoms with E-state index in [0.717, 1.165) is 11.4 Å². The van der Waals surface area contributed by atoms with Crippen molar-refractivity contribution in [3.8, 4) is 5.75 Å². The Kier molecular flexibility index (Phi) is 7.09. The Morgan fingerprint density at radius 3 is 2.32 bits per heavy atom. The van der Waals surface area contributed by atoms with Crippen LogP contribution in [0.3, 0.4) is 0 Å². The second kappa shape index (κ2) is 9.95. The van der Waals surface area contributed by atoms with Crippen molar-refractivity contribution in [2.75, 3.05) is 5.32 Å². The van der Waals surface area contributed by atoms with E-state index in [4.69, 9.17) is 4.74 Å². The summed E-state index contributed by atoms with van der Waals surface area (Å²) in [5.41, 5.74) is 1.90. The number of carbonyl (C=O) groups excluding carboxylic acids is 1. The largest absolute Gasteiger partial charge is 0.481 e. The molecule has 1 N–H and O–H groups in total. The first-order valence-electron chi connectivity index (χ1n) is 9.14. The van der Waals surface area contributed by atoms with Crippen molar-refractivity contribution in [3.05, 3.63) is 90.2 Å². The number of halogens is 1. The number of rotatable bonds is 8. The van der Waals surface area contributed by atoms with Gasteiger partial charge in [-0.2, -0.15) is 0 Å². The maximum atomic E-state index is 13.0. The minimum atomic E-state index is -0.640. The van der Waals surface area contributed by atoms with Crippen LogP contribution >= 0.6 is 11.8 Å². The Morgan fingerprint density at radius 1 is 1.00 bits per heavy atom. The molecule has 1 amide bonds. The van der Waals surface area contributed by atoms with E-state index in [2.05, 4.69) is 17.4 Å². The Balaban J connectivity index is 1.54. The minimum absolute atomic E-state index is 0.224. The fourth-order valence-corrected chi connectivity index (χ4v) is 3.47. The lowest BCUT2D eigenvalue weighted by Gasteiger charge is -2.17. The van der Waals surface area contributed by atoms with Crippen LogP contribution in [0.1, 0.15) is 18.9 Å². The Hall–Kier alpha value is -2.79. The first-order chi connectivity index (χ1) is 13.6. The lowest BCUT2D eigenvalue weighted by Crippen LogP contribution is -2.32. The highest BCUT2D eigenvalue weighted by Crippen LogP contribution is 2.23. The van der Waals surface area contributed by atoms with Gasteiger partial charge in [-0.1, -0.05) is 37.3 Å². The van der Waals surface area contributed by atoms with Gasteiger partial charge in [0.1, 0.15) is 11.6 Å². The molecule has 3 nitrogen and oxygen atoms in total. The van der Waals surface area contributed by atoms with Crippen molar-refractivity contribution in [1.82, 2.24) is 0 Å². The molecule has 0 heterocycles. The fourth-order valence-electron chi connectivity index (χ4n) is 2.59. The van der Waals surface area contributed by atoms with Gasteiger partial charge in [-0.15, -0.1) is 11.8 Å². The van der Waals surface area contributed by atoms with Crippen LogP contribution in [0, 0.1) is 5.82 Å². The molecule has 144 valence electrons. The summed E-state index contributed by atoms with van der Waals surface area (Å²) in [6, 6.07) is 23.7. The first-order valence-corrected chi connectivity index (χ1v) is 10.1. The molecule has 1 atom stereocenters. The van der Waals surface area contributed by atoms with Crippen molar-refractivity contribution in [1.29, 1.82) is 0 Å². The van der Waals surface area contributed by atoms with Crippen LogP contribution in [0.15, 0.2) is 83.8 Å². The van der Waals surface area contributed by atoms with E-state index < -0.39 is 6.10 Å². The zero-order valence-corrected chi connectivity index (χ0v) is 16.4. The van der Waals surface area contributed by atoms with Crippen LogP contribution in [-0.4, -0.2) is 12.0 Å². The average molecular weight is 395 g/mol. The molecule has 3 aromatic rings. The zero-order valence-electron chi connectivity index (χ0n) is 15.6. The lowest BCUT2D eigenvalue weighted by molar-refractivity contribution is -0.122. The molecule has 0 radical (unpaired) electrons. The molecule has 0 fully saturated rings. The summed E-state index contributed by atoms with van der Waals surface area (Å²) in [5, 5.41) is 2.88. The molecule has 0 saturated carbocycles. The van der Waals surface area contributed by atoms with Gasteiger partial charge in [0.15, 0.2) is 6.10 Å². The number of benzene rings is 3. The minimum Gasteiger partial charge on any atom is -0.481 e. The molecule has 0 aromatic heterocycles. The summed E-state index contributed by atoms with van der Waals surface area (Å²) in [6.45, 7) is 1.87. The number of thioether (sulfide) groups is 1. The third-order valence-corrected chi connectivity index (χ3v) is 5.21. The quantitative estimate of drug-likeness (QED) is 0.482. The third kappa shape index (κ3) is 5.86. The Labute approximate surface area is 168 Å². The molecular weight excluding hydrogens is 373 g/mol. The van der Waals surface area contributed by atoms with Gasteiger partial charge in [0.25, 0.3) is 5.91 Å². The van der Waals surface area contributed by atoms with Crippen LogP contribution in [0.25, 0.3) is 0 Å². The average Bonchev–Trinajstić information content (AvgIpc) is 2.73. The molecule has 5 heteroatoms. The van der Waals surface area contributed by atoms with E-state index in [1.807, 2.05) is 49.4 Å². The summed E-state index contributed by atoms with van der Waals surface area (Å²) in [6.07, 6.45) is -0.131. The highest BCUT2D eigenvalue weighted by atomic mass is 32.2. The van der Waals surface area contributed by atoms with Gasteiger partial charge in [0.05, 0.1) is 0 Å². The van der Waals surface area contributed by atoms with Crippen molar-refractivity contribution in [2.24, 2.45) is 0 Å². The molecule has 0 saturated heterocycles. The van der Waals surface area contributed by atoms with Gasteiger partial charge < -0.3 is 10.1 Å². The summed E-state index contributed by atoms with van der Waals surface area (Å²) >= 11 is 1.77. The van der Waals surface area contributed by atoms with Crippen LogP contribution in [0.5, 0.6) is 5.75 Å². The number of ether oxygens (including phenoxy) is 1. The smallest absolute Gasteiger partial charge is 0.265 e. The second-order valence-corrected chi connectivity index (χ2v) is 7.31. The lowest BCUT2D eigenvalue weighted by atomic mass is 10.2. The van der Waals surface area contributed by atoms with Crippen LogP contribution < -0.4 is 10.1 Å². The first kappa shape index (κ1) is 20.0. The monoisotopic (exact) mass is 395 g/mol. The number of hydrogen-bond acceptors (Lipinski definition) is 3. The van der Waals surface area contributed by atoms with Crippen LogP contribution in [0.2, 0.25) is 0 Å². The maximum absolute atomic E-state index is 13.0. The van der Waals surface area contributed by atoms with Crippen LogP contribution in [0.4, 0.5) is 10.1 Å². The number of hydrogen-bond donors (Lipinski definition) is 1. The Morgan fingerprint density at radius 2 is 1.68 bits per heavy atom. The van der Waals surface area contributed by atoms with Crippen LogP contribution in [-0.2, 0) is 10.5 Å². The fraction of sp³-hybridized carbons (Fsp3) is 0.174. The van der Waals surface area contributed by atoms with Crippen molar-refractivity contribution < 1.29 is 13.9 Å². The molecule has 3 rings (SSSR count). The third-order valence-electron chi connectivity index (χ3n) is 4.13. The Bertz CT molecular complexity index is 883. The molecular formula is C23H22FNO2S. The van der Waals surface area contributed by atoms with Crippen molar-refractivity contribution in [2.45, 2.75) is 30.1 Å². The number of anilines is 1. The van der Waals surface area contributed by atoms with E-state index in [0.29, 0.717) is 12.2 Å². The molecule has 0 aliphatic carbocycles. The molecule has 1 unspecified atom stereocenters. The van der Waals surface area contributed by atoms with E-state index >= 15 is 0 Å². The van der Waals surface area contributed by atoms with E-state index in [9.17, 15) is 9.18 Å². The molecule has 0 bridgehead atoms. The van der Waals surface area contributed by atoms with E-state index in [1.165, 1.54) is 34.7 Å². The van der Waals surface area contributed by atoms with Crippen molar-refractivity contribution >= 4 is 23.4 Å². The number of nitrogens with one attached hydrogen (secondary N) is 1. The van der Waals surface area contributed by atoms with Gasteiger partial charge in [-0.25, -0.2) is 4.39 Å². The maximum Gasteiger partial charge on any atom is 0.265 e. The van der Waals surface area contributed by atoms with Gasteiger partial charge in [0, 0.05) is 16.3 Å². The van der Waals surface area contributed by atoms with Gasteiger partial charge >= 0.3 is 0 Å². The highest BCUT2D eigenvalue weighted by molar-refractivity contribution is 7.98. The standard InChI is InChI=1S/C23H22FNO2S/c1-2-22(27-20-14-10-18(24)11-15-20)23(26)25-19-12-8-17(9-13-19)16-28-21-6-4-3-5-7-21/h3-15,22H,2,16H2,1H3,(H,25,26). The zero-order chi connectivity index (χ0) is 19.8. The summed E-state index contributed by atoms with van der Waals surface area (Å²) < 4.78 is 18.7. The predicted octanol–water partition coefficient (Wildman–Crippen LogP) is 5.91. The van der Waals surface area contributed by atoms with Gasteiger partial charge in [-0.05, 0) is 60.5 Å². The van der Waals surface area contributed by atoms with E-state index in [-0.39, 0.29) is 11.7 Å². The second-order valence-electron chi connectivity index (χ2n) is 6.26. The predicted molar refractivity (Wildman–Crippen MR) is 112 cm³/mol. The highest BCUT2D eigenvalue weighted by Gasteiger charge is 2.18. The summed E-state index contributed by atoms with van der Waals surface area (Å²) in [5.74, 6) is 0.772. The molecule has 3 aromatic carbocycles. The topological polar surface area (TPSA) is 38.3 Å².